The van der Waals surface area contributed by atoms with E-state index in [0.717, 1.165) is 17.6 Å². The van der Waals surface area contributed by atoms with E-state index < -0.39 is 10.0 Å². The fourth-order valence-electron chi connectivity index (χ4n) is 3.73. The van der Waals surface area contributed by atoms with Gasteiger partial charge in [-0.2, -0.15) is 0 Å². The van der Waals surface area contributed by atoms with Crippen molar-refractivity contribution in [2.24, 2.45) is 0 Å². The number of nitrogens with zero attached hydrogens (tertiary/aromatic N) is 3. The van der Waals surface area contributed by atoms with Crippen molar-refractivity contribution in [3.8, 4) is 29.7 Å². The van der Waals surface area contributed by atoms with Crippen LogP contribution in [0.5, 0.6) is 17.4 Å². The Balaban J connectivity index is 1.97. The second kappa shape index (κ2) is 8.56. The maximum absolute atomic E-state index is 12.4. The summed E-state index contributed by atoms with van der Waals surface area (Å²) in [6.45, 7) is 0.302. The van der Waals surface area contributed by atoms with Crippen LogP contribution < -0.4 is 13.8 Å². The van der Waals surface area contributed by atoms with Crippen LogP contribution in [-0.2, 0) is 23.2 Å². The van der Waals surface area contributed by atoms with Crippen molar-refractivity contribution in [3.05, 3.63) is 54.4 Å². The van der Waals surface area contributed by atoms with E-state index in [1.807, 2.05) is 24.3 Å². The average Bonchev–Trinajstić information content (AvgIpc) is 3.12. The first-order valence-corrected chi connectivity index (χ1v) is 11.9. The molecule has 8 nitrogen and oxygen atoms in total. The van der Waals surface area contributed by atoms with Crippen LogP contribution in [-0.4, -0.2) is 43.5 Å². The standard InChI is InChI=1S/C24H23N3O5S/c1-5-13-27-14-19-20(24(27)28)23(32-15-16-8-10-17(31-3)11-9-16)21-18(7-6-12-25-21)22(19)26(2)33(4,29)30/h1,6-12,14,28H,13,15H2,2-4H3. The molecule has 0 bridgehead atoms. The first-order valence-electron chi connectivity index (χ1n) is 10.0. The van der Waals surface area contributed by atoms with Gasteiger partial charge in [0.05, 0.1) is 31.0 Å². The zero-order chi connectivity index (χ0) is 23.8. The summed E-state index contributed by atoms with van der Waals surface area (Å²) in [7, 11) is -0.549. The molecule has 2 aromatic heterocycles. The number of hydrogen-bond donors (Lipinski definition) is 1. The number of aromatic nitrogens is 2. The largest absolute Gasteiger partial charge is 0.497 e. The molecule has 0 atom stereocenters. The van der Waals surface area contributed by atoms with Gasteiger partial charge in [-0.05, 0) is 29.8 Å². The predicted octanol–water partition coefficient (Wildman–Crippen LogP) is 3.51. The van der Waals surface area contributed by atoms with Crippen LogP contribution in [0.3, 0.4) is 0 Å². The molecule has 0 aliphatic rings. The lowest BCUT2D eigenvalue weighted by Gasteiger charge is -2.21. The summed E-state index contributed by atoms with van der Waals surface area (Å²) in [5.41, 5.74) is 1.70. The summed E-state index contributed by atoms with van der Waals surface area (Å²) in [4.78, 5) is 4.47. The van der Waals surface area contributed by atoms with Gasteiger partial charge in [-0.1, -0.05) is 18.1 Å². The van der Waals surface area contributed by atoms with Crippen molar-refractivity contribution >= 4 is 37.4 Å². The summed E-state index contributed by atoms with van der Waals surface area (Å²) in [5, 5.41) is 12.4. The van der Waals surface area contributed by atoms with E-state index in [1.165, 1.54) is 15.9 Å². The molecule has 0 aliphatic heterocycles. The first-order chi connectivity index (χ1) is 15.8. The number of aromatic hydroxyl groups is 1. The third-order valence-corrected chi connectivity index (χ3v) is 6.60. The van der Waals surface area contributed by atoms with Gasteiger partial charge in [0.2, 0.25) is 15.9 Å². The number of fused-ring (bicyclic) bond motifs is 2. The van der Waals surface area contributed by atoms with Gasteiger partial charge in [0.25, 0.3) is 0 Å². The normalized spacial score (nSPS) is 11.5. The third-order valence-electron chi connectivity index (χ3n) is 5.43. The molecule has 0 saturated heterocycles. The summed E-state index contributed by atoms with van der Waals surface area (Å²) in [6.07, 6.45) is 9.82. The van der Waals surface area contributed by atoms with Crippen molar-refractivity contribution in [2.45, 2.75) is 13.2 Å². The summed E-state index contributed by atoms with van der Waals surface area (Å²) >= 11 is 0. The Morgan fingerprint density at radius 2 is 1.94 bits per heavy atom. The van der Waals surface area contributed by atoms with Crippen molar-refractivity contribution < 1.29 is 23.0 Å². The molecular weight excluding hydrogens is 442 g/mol. The number of sulfonamides is 1. The molecule has 2 heterocycles. The van der Waals surface area contributed by atoms with E-state index in [-0.39, 0.29) is 19.0 Å². The molecule has 33 heavy (non-hydrogen) atoms. The molecule has 0 radical (unpaired) electrons. The maximum atomic E-state index is 12.4. The average molecular weight is 466 g/mol. The topological polar surface area (TPSA) is 93.9 Å². The highest BCUT2D eigenvalue weighted by Gasteiger charge is 2.26. The molecule has 4 rings (SSSR count). The molecule has 0 unspecified atom stereocenters. The fraction of sp³-hybridized carbons (Fsp3) is 0.208. The van der Waals surface area contributed by atoms with E-state index in [4.69, 9.17) is 15.9 Å². The van der Waals surface area contributed by atoms with Gasteiger partial charge in [-0.3, -0.25) is 9.29 Å². The minimum atomic E-state index is -3.61. The number of terminal acetylenes is 1. The number of benzene rings is 2. The number of hydrogen-bond acceptors (Lipinski definition) is 6. The van der Waals surface area contributed by atoms with Crippen molar-refractivity contribution in [2.75, 3.05) is 24.7 Å². The van der Waals surface area contributed by atoms with Crippen LogP contribution in [0.25, 0.3) is 21.7 Å². The van der Waals surface area contributed by atoms with E-state index in [0.29, 0.717) is 33.1 Å². The summed E-state index contributed by atoms with van der Waals surface area (Å²) in [6, 6.07) is 10.9. The van der Waals surface area contributed by atoms with Crippen LogP contribution in [0, 0.1) is 12.3 Å². The lowest BCUT2D eigenvalue weighted by Crippen LogP contribution is -2.25. The Hall–Kier alpha value is -3.90. The molecule has 2 aromatic carbocycles. The molecule has 0 aliphatic carbocycles. The fourth-order valence-corrected chi connectivity index (χ4v) is 4.26. The Bertz CT molecular complexity index is 1490. The molecule has 9 heteroatoms. The van der Waals surface area contributed by atoms with Crippen LogP contribution in [0.2, 0.25) is 0 Å². The minimum Gasteiger partial charge on any atom is -0.497 e. The monoisotopic (exact) mass is 465 g/mol. The lowest BCUT2D eigenvalue weighted by atomic mass is 10.1. The molecule has 0 spiro atoms. The number of anilines is 1. The second-order valence-electron chi connectivity index (χ2n) is 7.52. The quantitative estimate of drug-likeness (QED) is 0.420. The molecule has 0 fully saturated rings. The van der Waals surface area contributed by atoms with Crippen molar-refractivity contribution in [1.29, 1.82) is 0 Å². The zero-order valence-corrected chi connectivity index (χ0v) is 19.3. The predicted molar refractivity (Wildman–Crippen MR) is 128 cm³/mol. The number of ether oxygens (including phenoxy) is 2. The minimum absolute atomic E-state index is 0.101. The van der Waals surface area contributed by atoms with Crippen molar-refractivity contribution in [1.82, 2.24) is 9.55 Å². The molecule has 0 saturated carbocycles. The van der Waals surface area contributed by atoms with E-state index in [2.05, 4.69) is 10.9 Å². The smallest absolute Gasteiger partial charge is 0.232 e. The highest BCUT2D eigenvalue weighted by Crippen LogP contribution is 2.47. The van der Waals surface area contributed by atoms with Crippen LogP contribution in [0.15, 0.2) is 48.8 Å². The molecule has 1 N–H and O–H groups in total. The van der Waals surface area contributed by atoms with Gasteiger partial charge in [0, 0.05) is 30.2 Å². The van der Waals surface area contributed by atoms with Gasteiger partial charge in [-0.15, -0.1) is 6.42 Å². The van der Waals surface area contributed by atoms with Gasteiger partial charge in [-0.25, -0.2) is 8.42 Å². The highest BCUT2D eigenvalue weighted by atomic mass is 32.2. The Labute approximate surface area is 192 Å². The van der Waals surface area contributed by atoms with Crippen LogP contribution in [0.4, 0.5) is 5.69 Å². The Morgan fingerprint density at radius 1 is 1.21 bits per heavy atom. The van der Waals surface area contributed by atoms with Gasteiger partial charge in [0.15, 0.2) is 5.75 Å². The Kier molecular flexibility index (Phi) is 5.78. The van der Waals surface area contributed by atoms with Gasteiger partial charge < -0.3 is 19.1 Å². The highest BCUT2D eigenvalue weighted by molar-refractivity contribution is 7.92. The van der Waals surface area contributed by atoms with Crippen molar-refractivity contribution in [3.63, 3.8) is 0 Å². The van der Waals surface area contributed by atoms with E-state index >= 15 is 0 Å². The van der Waals surface area contributed by atoms with E-state index in [1.54, 1.807) is 31.6 Å². The second-order valence-corrected chi connectivity index (χ2v) is 9.53. The SMILES string of the molecule is C#CCn1cc2c(N(C)S(C)(=O)=O)c3cccnc3c(OCc3ccc(OC)cc3)c2c1O. The van der Waals surface area contributed by atoms with Gasteiger partial charge in [0.1, 0.15) is 17.9 Å². The molecule has 4 aromatic rings. The van der Waals surface area contributed by atoms with Gasteiger partial charge >= 0.3 is 0 Å². The summed E-state index contributed by atoms with van der Waals surface area (Å²) in [5.74, 6) is 3.45. The third kappa shape index (κ3) is 4.01. The van der Waals surface area contributed by atoms with Crippen LogP contribution >= 0.6 is 0 Å². The van der Waals surface area contributed by atoms with Crippen LogP contribution in [0.1, 0.15) is 5.56 Å². The summed E-state index contributed by atoms with van der Waals surface area (Å²) < 4.78 is 38.9. The molecular formula is C24H23N3O5S. The van der Waals surface area contributed by atoms with E-state index in [9.17, 15) is 13.5 Å². The first kappa shape index (κ1) is 22.3. The zero-order valence-electron chi connectivity index (χ0n) is 18.4. The molecule has 170 valence electrons. The molecule has 0 amide bonds. The Morgan fingerprint density at radius 3 is 2.58 bits per heavy atom. The number of methoxy groups -OCH3 is 1. The number of pyridine rings is 1. The lowest BCUT2D eigenvalue weighted by molar-refractivity contribution is 0.311. The number of rotatable bonds is 7. The maximum Gasteiger partial charge on any atom is 0.232 e.